The number of furan rings is 1. The van der Waals surface area contributed by atoms with Crippen LogP contribution in [0.3, 0.4) is 0 Å². The Morgan fingerprint density at radius 3 is 2.71 bits per heavy atom. The topological polar surface area (TPSA) is 13.1 Å². The summed E-state index contributed by atoms with van der Waals surface area (Å²) in [5.74, 6) is 0.993. The summed E-state index contributed by atoms with van der Waals surface area (Å²) in [5, 5.41) is 1.75. The van der Waals surface area contributed by atoms with Crippen molar-refractivity contribution in [3.63, 3.8) is 0 Å². The standard InChI is InChI=1S/C14H16BrClO/c1-9(15)8-14(2,3)12-7-10-5-4-6-11(16)13(10)17-12/h4-7,9H,8H2,1-3H3. The molecule has 0 N–H and O–H groups in total. The Hall–Kier alpha value is -0.470. The predicted molar refractivity (Wildman–Crippen MR) is 77.3 cm³/mol. The number of alkyl halides is 1. The SMILES string of the molecule is CC(Br)CC(C)(C)c1cc2cccc(Cl)c2o1. The number of hydrogen-bond acceptors (Lipinski definition) is 1. The lowest BCUT2D eigenvalue weighted by Gasteiger charge is -2.23. The number of rotatable bonds is 3. The van der Waals surface area contributed by atoms with Gasteiger partial charge in [0.25, 0.3) is 0 Å². The summed E-state index contributed by atoms with van der Waals surface area (Å²) in [7, 11) is 0. The van der Waals surface area contributed by atoms with Crippen LogP contribution in [0.5, 0.6) is 0 Å². The highest BCUT2D eigenvalue weighted by Gasteiger charge is 2.26. The molecule has 0 saturated carbocycles. The fourth-order valence-electron chi connectivity index (χ4n) is 2.16. The van der Waals surface area contributed by atoms with Gasteiger partial charge in [-0.25, -0.2) is 0 Å². The highest BCUT2D eigenvalue weighted by molar-refractivity contribution is 9.09. The van der Waals surface area contributed by atoms with Crippen LogP contribution in [0.15, 0.2) is 28.7 Å². The fourth-order valence-corrected chi connectivity index (χ4v) is 3.19. The first kappa shape index (κ1) is 13.0. The molecule has 1 heterocycles. The summed E-state index contributed by atoms with van der Waals surface area (Å²) in [6.45, 7) is 6.53. The first-order valence-electron chi connectivity index (χ1n) is 5.73. The highest BCUT2D eigenvalue weighted by atomic mass is 79.9. The predicted octanol–water partition coefficient (Wildman–Crippen LogP) is 5.54. The average Bonchev–Trinajstić information content (AvgIpc) is 2.61. The van der Waals surface area contributed by atoms with Gasteiger partial charge in [0.2, 0.25) is 0 Å². The van der Waals surface area contributed by atoms with Gasteiger partial charge in [0.1, 0.15) is 5.76 Å². The smallest absolute Gasteiger partial charge is 0.152 e. The molecular weight excluding hydrogens is 300 g/mol. The van der Waals surface area contributed by atoms with Gasteiger partial charge in [-0.15, -0.1) is 0 Å². The van der Waals surface area contributed by atoms with E-state index in [0.717, 1.165) is 23.2 Å². The molecule has 3 heteroatoms. The highest BCUT2D eigenvalue weighted by Crippen LogP contribution is 2.36. The minimum Gasteiger partial charge on any atom is -0.459 e. The van der Waals surface area contributed by atoms with Gasteiger partial charge in [0.15, 0.2) is 5.58 Å². The number of benzene rings is 1. The van der Waals surface area contributed by atoms with Crippen LogP contribution in [0.1, 0.15) is 33.0 Å². The molecule has 92 valence electrons. The van der Waals surface area contributed by atoms with Crippen molar-refractivity contribution in [1.82, 2.24) is 0 Å². The summed E-state index contributed by atoms with van der Waals surface area (Å²) in [4.78, 5) is 0.459. The second-order valence-corrected chi connectivity index (χ2v) is 7.11. The van der Waals surface area contributed by atoms with E-state index in [1.54, 1.807) is 0 Å². The van der Waals surface area contributed by atoms with E-state index >= 15 is 0 Å². The van der Waals surface area contributed by atoms with Crippen LogP contribution in [0.25, 0.3) is 11.0 Å². The van der Waals surface area contributed by atoms with Crippen molar-refractivity contribution < 1.29 is 4.42 Å². The average molecular weight is 316 g/mol. The van der Waals surface area contributed by atoms with Crippen molar-refractivity contribution in [2.24, 2.45) is 0 Å². The van der Waals surface area contributed by atoms with Gasteiger partial charge in [0, 0.05) is 15.6 Å². The van der Waals surface area contributed by atoms with Crippen molar-refractivity contribution in [2.75, 3.05) is 0 Å². The van der Waals surface area contributed by atoms with Crippen LogP contribution in [-0.2, 0) is 5.41 Å². The molecule has 0 aliphatic rings. The van der Waals surface area contributed by atoms with Gasteiger partial charge < -0.3 is 4.42 Å². The van der Waals surface area contributed by atoms with E-state index in [9.17, 15) is 0 Å². The largest absolute Gasteiger partial charge is 0.459 e. The molecule has 1 aromatic carbocycles. The zero-order valence-corrected chi connectivity index (χ0v) is 12.6. The molecule has 0 fully saturated rings. The van der Waals surface area contributed by atoms with Crippen LogP contribution in [0, 0.1) is 0 Å². The number of para-hydroxylation sites is 1. The Bertz CT molecular complexity index is 528. The molecular formula is C14H16BrClO. The summed E-state index contributed by atoms with van der Waals surface area (Å²) < 4.78 is 5.91. The lowest BCUT2D eigenvalue weighted by molar-refractivity contribution is 0.380. The van der Waals surface area contributed by atoms with Gasteiger partial charge >= 0.3 is 0 Å². The van der Waals surface area contributed by atoms with Crippen LogP contribution in [0.2, 0.25) is 5.02 Å². The Morgan fingerprint density at radius 2 is 2.12 bits per heavy atom. The monoisotopic (exact) mass is 314 g/mol. The molecule has 0 aliphatic carbocycles. The van der Waals surface area contributed by atoms with Crippen molar-refractivity contribution in [1.29, 1.82) is 0 Å². The second-order valence-electron chi connectivity index (χ2n) is 5.14. The van der Waals surface area contributed by atoms with Crippen molar-refractivity contribution in [3.05, 3.63) is 35.0 Å². The van der Waals surface area contributed by atoms with Gasteiger partial charge in [-0.1, -0.05) is 60.4 Å². The van der Waals surface area contributed by atoms with E-state index in [1.165, 1.54) is 0 Å². The Morgan fingerprint density at radius 1 is 1.41 bits per heavy atom. The summed E-state index contributed by atoms with van der Waals surface area (Å²) in [6.07, 6.45) is 1.02. The molecule has 17 heavy (non-hydrogen) atoms. The normalized spacial score (nSPS) is 14.2. The molecule has 0 bridgehead atoms. The zero-order valence-electron chi connectivity index (χ0n) is 10.3. The molecule has 0 spiro atoms. The lowest BCUT2D eigenvalue weighted by atomic mass is 9.85. The Labute approximate surface area is 115 Å². The fraction of sp³-hybridized carbons (Fsp3) is 0.429. The number of hydrogen-bond donors (Lipinski definition) is 0. The lowest BCUT2D eigenvalue weighted by Crippen LogP contribution is -2.19. The molecule has 0 radical (unpaired) electrons. The van der Waals surface area contributed by atoms with Crippen LogP contribution < -0.4 is 0 Å². The molecule has 0 aliphatic heterocycles. The molecule has 0 saturated heterocycles. The van der Waals surface area contributed by atoms with E-state index in [4.69, 9.17) is 16.0 Å². The van der Waals surface area contributed by atoms with E-state index in [-0.39, 0.29) is 5.41 Å². The van der Waals surface area contributed by atoms with E-state index < -0.39 is 0 Å². The minimum absolute atomic E-state index is 0.00522. The minimum atomic E-state index is 0.00522. The summed E-state index contributed by atoms with van der Waals surface area (Å²) in [5.41, 5.74) is 0.796. The third-order valence-corrected chi connectivity index (χ3v) is 3.58. The van der Waals surface area contributed by atoms with Gasteiger partial charge in [-0.3, -0.25) is 0 Å². The molecule has 1 aromatic heterocycles. The second kappa shape index (κ2) is 4.66. The molecule has 0 amide bonds. The van der Waals surface area contributed by atoms with E-state index in [0.29, 0.717) is 9.85 Å². The maximum atomic E-state index is 6.12. The third kappa shape index (κ3) is 2.69. The quantitative estimate of drug-likeness (QED) is 0.678. The Kier molecular flexibility index (Phi) is 3.55. The van der Waals surface area contributed by atoms with Gasteiger partial charge in [0.05, 0.1) is 5.02 Å². The van der Waals surface area contributed by atoms with Crippen molar-refractivity contribution in [2.45, 2.75) is 37.4 Å². The maximum absolute atomic E-state index is 6.12. The summed E-state index contributed by atoms with van der Waals surface area (Å²) >= 11 is 9.72. The van der Waals surface area contributed by atoms with Crippen molar-refractivity contribution >= 4 is 38.5 Å². The molecule has 1 unspecified atom stereocenters. The van der Waals surface area contributed by atoms with Gasteiger partial charge in [-0.2, -0.15) is 0 Å². The first-order chi connectivity index (χ1) is 7.90. The first-order valence-corrected chi connectivity index (χ1v) is 7.02. The van der Waals surface area contributed by atoms with Crippen LogP contribution in [0.4, 0.5) is 0 Å². The van der Waals surface area contributed by atoms with Gasteiger partial charge in [-0.05, 0) is 18.6 Å². The molecule has 2 rings (SSSR count). The number of halogens is 2. The Balaban J connectivity index is 2.46. The van der Waals surface area contributed by atoms with Crippen LogP contribution >= 0.6 is 27.5 Å². The zero-order chi connectivity index (χ0) is 12.6. The molecule has 2 aromatic rings. The van der Waals surface area contributed by atoms with E-state index in [1.807, 2.05) is 18.2 Å². The van der Waals surface area contributed by atoms with Crippen LogP contribution in [-0.4, -0.2) is 4.83 Å². The van der Waals surface area contributed by atoms with Crippen molar-refractivity contribution in [3.8, 4) is 0 Å². The van der Waals surface area contributed by atoms with E-state index in [2.05, 4.69) is 42.8 Å². The third-order valence-electron chi connectivity index (χ3n) is 2.95. The summed E-state index contributed by atoms with van der Waals surface area (Å²) in [6, 6.07) is 7.93. The molecule has 1 atom stereocenters. The molecule has 1 nitrogen and oxygen atoms in total. The number of fused-ring (bicyclic) bond motifs is 1. The maximum Gasteiger partial charge on any atom is 0.152 e.